The van der Waals surface area contributed by atoms with Gasteiger partial charge in [-0.2, -0.15) is 0 Å². The SMILES string of the molecule is O[C@H]1CCOC1(c1ccccc1)c1ccccc1. The van der Waals surface area contributed by atoms with E-state index in [1.165, 1.54) is 0 Å². The molecule has 2 aromatic carbocycles. The zero-order valence-corrected chi connectivity index (χ0v) is 10.1. The van der Waals surface area contributed by atoms with Crippen molar-refractivity contribution in [2.45, 2.75) is 18.1 Å². The van der Waals surface area contributed by atoms with Gasteiger partial charge in [0.15, 0.2) is 0 Å². The van der Waals surface area contributed by atoms with Crippen LogP contribution in [0.4, 0.5) is 0 Å². The number of rotatable bonds is 2. The van der Waals surface area contributed by atoms with Crippen LogP contribution >= 0.6 is 0 Å². The Morgan fingerprint density at radius 1 is 0.889 bits per heavy atom. The molecule has 1 N–H and O–H groups in total. The largest absolute Gasteiger partial charge is 0.389 e. The van der Waals surface area contributed by atoms with Crippen LogP contribution in [0, 0.1) is 0 Å². The third-order valence-electron chi connectivity index (χ3n) is 3.60. The molecule has 1 atom stereocenters. The minimum Gasteiger partial charge on any atom is -0.389 e. The lowest BCUT2D eigenvalue weighted by molar-refractivity contribution is -0.0304. The van der Waals surface area contributed by atoms with Crippen molar-refractivity contribution in [3.8, 4) is 0 Å². The van der Waals surface area contributed by atoms with E-state index < -0.39 is 11.7 Å². The maximum Gasteiger partial charge on any atom is 0.144 e. The van der Waals surface area contributed by atoms with Gasteiger partial charge in [-0.25, -0.2) is 0 Å². The normalized spacial score (nSPS) is 21.9. The lowest BCUT2D eigenvalue weighted by Gasteiger charge is -2.32. The Balaban J connectivity index is 2.17. The highest BCUT2D eigenvalue weighted by atomic mass is 16.5. The fourth-order valence-electron chi connectivity index (χ4n) is 2.72. The minimum absolute atomic E-state index is 0.498. The summed E-state index contributed by atoms with van der Waals surface area (Å²) in [6.07, 6.45) is 0.173. The van der Waals surface area contributed by atoms with Crippen LogP contribution in [0.25, 0.3) is 0 Å². The second-order valence-electron chi connectivity index (χ2n) is 4.62. The van der Waals surface area contributed by atoms with Gasteiger partial charge in [0.25, 0.3) is 0 Å². The van der Waals surface area contributed by atoms with Crippen molar-refractivity contribution in [1.82, 2.24) is 0 Å². The predicted octanol–water partition coefficient (Wildman–Crippen LogP) is 2.71. The number of aliphatic hydroxyl groups is 1. The summed E-state index contributed by atoms with van der Waals surface area (Å²) < 4.78 is 5.97. The van der Waals surface area contributed by atoms with E-state index in [1.54, 1.807) is 0 Å². The predicted molar refractivity (Wildman–Crippen MR) is 70.2 cm³/mol. The summed E-state index contributed by atoms with van der Waals surface area (Å²) >= 11 is 0. The molecular formula is C16H16O2. The standard InChI is InChI=1S/C16H16O2/c17-15-11-12-18-16(15,13-7-3-1-4-8-13)14-9-5-2-6-10-14/h1-10,15,17H,11-12H2/t15-/m0/s1. The van der Waals surface area contributed by atoms with Crippen LogP contribution in [0.2, 0.25) is 0 Å². The monoisotopic (exact) mass is 240 g/mol. The Bertz CT molecular complexity index is 468. The molecule has 0 aliphatic carbocycles. The molecule has 1 aliphatic heterocycles. The fraction of sp³-hybridized carbons (Fsp3) is 0.250. The first-order chi connectivity index (χ1) is 8.84. The molecule has 0 saturated carbocycles. The van der Waals surface area contributed by atoms with Crippen LogP contribution < -0.4 is 0 Å². The van der Waals surface area contributed by atoms with Crippen molar-refractivity contribution in [3.63, 3.8) is 0 Å². The van der Waals surface area contributed by atoms with E-state index in [0.717, 1.165) is 11.1 Å². The fourth-order valence-corrected chi connectivity index (χ4v) is 2.72. The zero-order valence-electron chi connectivity index (χ0n) is 10.1. The Morgan fingerprint density at radius 3 is 1.78 bits per heavy atom. The molecule has 1 heterocycles. The average Bonchev–Trinajstić information content (AvgIpc) is 2.84. The average molecular weight is 240 g/mol. The molecule has 2 nitrogen and oxygen atoms in total. The summed E-state index contributed by atoms with van der Waals surface area (Å²) in [5.74, 6) is 0. The van der Waals surface area contributed by atoms with Gasteiger partial charge < -0.3 is 9.84 Å². The second-order valence-corrected chi connectivity index (χ2v) is 4.62. The second kappa shape index (κ2) is 4.56. The van der Waals surface area contributed by atoms with Gasteiger partial charge in [0, 0.05) is 6.42 Å². The number of hydrogen-bond donors (Lipinski definition) is 1. The van der Waals surface area contributed by atoms with Gasteiger partial charge in [-0.05, 0) is 11.1 Å². The molecule has 0 aromatic heterocycles. The first-order valence-corrected chi connectivity index (χ1v) is 6.27. The van der Waals surface area contributed by atoms with E-state index in [9.17, 15) is 5.11 Å². The highest BCUT2D eigenvalue weighted by molar-refractivity contribution is 5.38. The first kappa shape index (κ1) is 11.5. The van der Waals surface area contributed by atoms with Gasteiger partial charge >= 0.3 is 0 Å². The van der Waals surface area contributed by atoms with Gasteiger partial charge in [-0.1, -0.05) is 60.7 Å². The summed E-state index contributed by atoms with van der Waals surface area (Å²) in [7, 11) is 0. The van der Waals surface area contributed by atoms with Gasteiger partial charge in [0.1, 0.15) is 5.60 Å². The smallest absolute Gasteiger partial charge is 0.144 e. The quantitative estimate of drug-likeness (QED) is 0.874. The zero-order chi connectivity index (χ0) is 12.4. The van der Waals surface area contributed by atoms with E-state index in [-0.39, 0.29) is 0 Å². The third kappa shape index (κ3) is 1.65. The van der Waals surface area contributed by atoms with Crippen LogP contribution in [-0.4, -0.2) is 17.8 Å². The summed E-state index contributed by atoms with van der Waals surface area (Å²) in [6.45, 7) is 0.588. The highest BCUT2D eigenvalue weighted by Crippen LogP contribution is 2.42. The molecule has 0 unspecified atom stereocenters. The number of ether oxygens (including phenoxy) is 1. The van der Waals surface area contributed by atoms with E-state index in [0.29, 0.717) is 13.0 Å². The Labute approximate surface area is 107 Å². The van der Waals surface area contributed by atoms with Crippen molar-refractivity contribution in [1.29, 1.82) is 0 Å². The van der Waals surface area contributed by atoms with E-state index >= 15 is 0 Å². The summed E-state index contributed by atoms with van der Waals surface area (Å²) in [4.78, 5) is 0. The molecule has 1 saturated heterocycles. The Morgan fingerprint density at radius 2 is 1.39 bits per heavy atom. The lowest BCUT2D eigenvalue weighted by Crippen LogP contribution is -2.37. The van der Waals surface area contributed by atoms with Crippen molar-refractivity contribution in [2.75, 3.05) is 6.61 Å². The van der Waals surface area contributed by atoms with Crippen molar-refractivity contribution >= 4 is 0 Å². The van der Waals surface area contributed by atoms with Crippen LogP contribution in [0.5, 0.6) is 0 Å². The number of aliphatic hydroxyl groups excluding tert-OH is 1. The van der Waals surface area contributed by atoms with Crippen LogP contribution in [0.15, 0.2) is 60.7 Å². The molecule has 2 aromatic rings. The van der Waals surface area contributed by atoms with Gasteiger partial charge in [-0.15, -0.1) is 0 Å². The highest BCUT2D eigenvalue weighted by Gasteiger charge is 2.46. The van der Waals surface area contributed by atoms with Crippen molar-refractivity contribution in [2.24, 2.45) is 0 Å². The van der Waals surface area contributed by atoms with Crippen LogP contribution in [-0.2, 0) is 10.3 Å². The van der Waals surface area contributed by atoms with Gasteiger partial charge in [0.2, 0.25) is 0 Å². The first-order valence-electron chi connectivity index (χ1n) is 6.27. The molecular weight excluding hydrogens is 224 g/mol. The van der Waals surface area contributed by atoms with E-state index in [4.69, 9.17) is 4.74 Å². The molecule has 1 fully saturated rings. The minimum atomic E-state index is -0.706. The molecule has 92 valence electrons. The third-order valence-corrected chi connectivity index (χ3v) is 3.60. The molecule has 0 bridgehead atoms. The van der Waals surface area contributed by atoms with E-state index in [2.05, 4.69) is 0 Å². The van der Waals surface area contributed by atoms with Crippen molar-refractivity contribution in [3.05, 3.63) is 71.8 Å². The summed E-state index contributed by atoms with van der Waals surface area (Å²) in [5.41, 5.74) is 1.32. The van der Waals surface area contributed by atoms with Gasteiger partial charge in [0.05, 0.1) is 12.7 Å². The summed E-state index contributed by atoms with van der Waals surface area (Å²) in [5, 5.41) is 10.4. The molecule has 18 heavy (non-hydrogen) atoms. The molecule has 2 heteroatoms. The van der Waals surface area contributed by atoms with Crippen LogP contribution in [0.1, 0.15) is 17.5 Å². The van der Waals surface area contributed by atoms with E-state index in [1.807, 2.05) is 60.7 Å². The Hall–Kier alpha value is -1.64. The van der Waals surface area contributed by atoms with Crippen molar-refractivity contribution < 1.29 is 9.84 Å². The molecule has 0 radical (unpaired) electrons. The topological polar surface area (TPSA) is 29.5 Å². The number of hydrogen-bond acceptors (Lipinski definition) is 2. The molecule has 0 spiro atoms. The van der Waals surface area contributed by atoms with Crippen LogP contribution in [0.3, 0.4) is 0 Å². The molecule has 3 rings (SSSR count). The maximum absolute atomic E-state index is 10.4. The Kier molecular flexibility index (Phi) is 2.90. The van der Waals surface area contributed by atoms with Gasteiger partial charge in [-0.3, -0.25) is 0 Å². The number of benzene rings is 2. The molecule has 1 aliphatic rings. The summed E-state index contributed by atoms with van der Waals surface area (Å²) in [6, 6.07) is 19.9. The lowest BCUT2D eigenvalue weighted by atomic mass is 9.82. The maximum atomic E-state index is 10.4. The molecule has 0 amide bonds.